The van der Waals surface area contributed by atoms with Crippen molar-refractivity contribution < 1.29 is 4.79 Å². The Hall–Kier alpha value is -2.70. The van der Waals surface area contributed by atoms with E-state index in [-0.39, 0.29) is 11.9 Å². The number of halogens is 1. The first kappa shape index (κ1) is 17.7. The summed E-state index contributed by atoms with van der Waals surface area (Å²) in [5.74, 6) is 0.0316. The summed E-state index contributed by atoms with van der Waals surface area (Å²) >= 11 is 6.16. The topological polar surface area (TPSA) is 63.1 Å². The number of carbonyl (C=O) groups is 1. The monoisotopic (exact) mass is 381 g/mol. The Kier molecular flexibility index (Phi) is 4.92. The maximum Gasteiger partial charge on any atom is 0.254 e. The number of piperazine rings is 1. The number of hydrogen-bond acceptors (Lipinski definition) is 4. The second kappa shape index (κ2) is 7.50. The van der Waals surface area contributed by atoms with Gasteiger partial charge in [-0.05, 0) is 48.4 Å². The Morgan fingerprint density at radius 2 is 2.15 bits per heavy atom. The highest BCUT2D eigenvalue weighted by Gasteiger charge is 2.29. The molecule has 1 amide bonds. The highest BCUT2D eigenvalue weighted by atomic mass is 35.5. The van der Waals surface area contributed by atoms with Crippen LogP contribution in [0.5, 0.6) is 0 Å². The van der Waals surface area contributed by atoms with Crippen LogP contribution in [-0.4, -0.2) is 45.2 Å². The summed E-state index contributed by atoms with van der Waals surface area (Å²) in [6, 6.07) is 13.4. The highest BCUT2D eigenvalue weighted by Crippen LogP contribution is 2.27. The molecule has 7 heteroatoms. The van der Waals surface area contributed by atoms with Gasteiger partial charge in [-0.2, -0.15) is 5.10 Å². The molecule has 0 aliphatic carbocycles. The predicted octanol–water partition coefficient (Wildman–Crippen LogP) is 3.02. The van der Waals surface area contributed by atoms with Gasteiger partial charge in [0.05, 0.1) is 11.7 Å². The number of aromatic nitrogens is 3. The van der Waals surface area contributed by atoms with Crippen molar-refractivity contribution in [3.63, 3.8) is 0 Å². The van der Waals surface area contributed by atoms with Gasteiger partial charge in [-0.15, -0.1) is 0 Å². The van der Waals surface area contributed by atoms with E-state index in [4.69, 9.17) is 11.6 Å². The zero-order valence-electron chi connectivity index (χ0n) is 15.0. The van der Waals surface area contributed by atoms with Gasteiger partial charge in [0.25, 0.3) is 5.91 Å². The number of rotatable bonds is 3. The molecule has 138 valence electrons. The summed E-state index contributed by atoms with van der Waals surface area (Å²) in [6.45, 7) is 4.09. The lowest BCUT2D eigenvalue weighted by Crippen LogP contribution is -2.48. The van der Waals surface area contributed by atoms with Gasteiger partial charge in [0.15, 0.2) is 0 Å². The first-order valence-electron chi connectivity index (χ1n) is 8.86. The SMILES string of the molecule is Cc1cc(-n2cncn2)ccc1C(=O)N1CCNCC1c1cccc(Cl)c1. The van der Waals surface area contributed by atoms with Crippen molar-refractivity contribution in [2.24, 2.45) is 0 Å². The second-order valence-corrected chi connectivity index (χ2v) is 7.05. The van der Waals surface area contributed by atoms with E-state index < -0.39 is 0 Å². The Bertz CT molecular complexity index is 957. The molecule has 1 aliphatic heterocycles. The Morgan fingerprint density at radius 1 is 1.26 bits per heavy atom. The Morgan fingerprint density at radius 3 is 2.89 bits per heavy atom. The Balaban J connectivity index is 1.64. The first-order valence-corrected chi connectivity index (χ1v) is 9.24. The summed E-state index contributed by atoms with van der Waals surface area (Å²) in [5, 5.41) is 8.20. The summed E-state index contributed by atoms with van der Waals surface area (Å²) in [7, 11) is 0. The predicted molar refractivity (Wildman–Crippen MR) is 104 cm³/mol. The molecule has 1 aromatic heterocycles. The zero-order chi connectivity index (χ0) is 18.8. The fourth-order valence-electron chi connectivity index (χ4n) is 3.49. The van der Waals surface area contributed by atoms with E-state index in [0.29, 0.717) is 23.7 Å². The van der Waals surface area contributed by atoms with Crippen LogP contribution in [0.3, 0.4) is 0 Å². The van der Waals surface area contributed by atoms with Crippen molar-refractivity contribution in [2.45, 2.75) is 13.0 Å². The van der Waals surface area contributed by atoms with E-state index in [1.165, 1.54) is 6.33 Å². The molecule has 0 spiro atoms. The van der Waals surface area contributed by atoms with E-state index >= 15 is 0 Å². The Labute approximate surface area is 162 Å². The first-order chi connectivity index (χ1) is 13.1. The smallest absolute Gasteiger partial charge is 0.254 e. The molecule has 1 fully saturated rings. The quantitative estimate of drug-likeness (QED) is 0.757. The van der Waals surface area contributed by atoms with Crippen molar-refractivity contribution in [1.82, 2.24) is 25.0 Å². The van der Waals surface area contributed by atoms with Crippen LogP contribution in [0.2, 0.25) is 5.02 Å². The van der Waals surface area contributed by atoms with Gasteiger partial charge < -0.3 is 10.2 Å². The van der Waals surface area contributed by atoms with Gasteiger partial charge in [0.1, 0.15) is 12.7 Å². The lowest BCUT2D eigenvalue weighted by atomic mass is 10.0. The molecule has 0 bridgehead atoms. The van der Waals surface area contributed by atoms with Crippen LogP contribution in [0.1, 0.15) is 27.5 Å². The maximum atomic E-state index is 13.3. The fourth-order valence-corrected chi connectivity index (χ4v) is 3.68. The average Bonchev–Trinajstić information content (AvgIpc) is 3.22. The largest absolute Gasteiger partial charge is 0.329 e. The molecule has 3 aromatic rings. The van der Waals surface area contributed by atoms with Gasteiger partial charge in [0.2, 0.25) is 0 Å². The van der Waals surface area contributed by atoms with Crippen molar-refractivity contribution in [1.29, 1.82) is 0 Å². The van der Waals surface area contributed by atoms with Crippen LogP contribution in [0.4, 0.5) is 0 Å². The van der Waals surface area contributed by atoms with E-state index in [9.17, 15) is 4.79 Å². The molecular formula is C20H20ClN5O. The molecular weight excluding hydrogens is 362 g/mol. The molecule has 1 atom stereocenters. The van der Waals surface area contributed by atoms with Crippen LogP contribution in [0, 0.1) is 6.92 Å². The molecule has 2 heterocycles. The number of carbonyl (C=O) groups excluding carboxylic acids is 1. The normalized spacial score (nSPS) is 17.1. The highest BCUT2D eigenvalue weighted by molar-refractivity contribution is 6.30. The zero-order valence-corrected chi connectivity index (χ0v) is 15.7. The average molecular weight is 382 g/mol. The molecule has 1 unspecified atom stereocenters. The standard InChI is InChI=1S/C20H20ClN5O/c1-14-9-17(26-13-23-12-24-26)5-6-18(14)20(27)25-8-7-22-11-19(25)15-3-2-4-16(21)10-15/h2-6,9-10,12-13,19,22H,7-8,11H2,1H3. The summed E-state index contributed by atoms with van der Waals surface area (Å²) in [4.78, 5) is 19.2. The molecule has 2 aromatic carbocycles. The summed E-state index contributed by atoms with van der Waals surface area (Å²) < 4.78 is 1.68. The molecule has 1 saturated heterocycles. The number of benzene rings is 2. The van der Waals surface area contributed by atoms with Crippen LogP contribution in [0.25, 0.3) is 5.69 Å². The van der Waals surface area contributed by atoms with Crippen LogP contribution >= 0.6 is 11.6 Å². The number of amides is 1. The third-order valence-electron chi connectivity index (χ3n) is 4.86. The van der Waals surface area contributed by atoms with E-state index in [1.54, 1.807) is 11.0 Å². The minimum Gasteiger partial charge on any atom is -0.329 e. The minimum absolute atomic E-state index is 0.0316. The van der Waals surface area contributed by atoms with E-state index in [2.05, 4.69) is 15.4 Å². The van der Waals surface area contributed by atoms with Crippen LogP contribution < -0.4 is 5.32 Å². The second-order valence-electron chi connectivity index (χ2n) is 6.61. The molecule has 4 rings (SSSR count). The van der Waals surface area contributed by atoms with Gasteiger partial charge in [-0.25, -0.2) is 9.67 Å². The summed E-state index contributed by atoms with van der Waals surface area (Å²) in [6.07, 6.45) is 3.13. The maximum absolute atomic E-state index is 13.3. The van der Waals surface area contributed by atoms with Crippen LogP contribution in [0.15, 0.2) is 55.1 Å². The van der Waals surface area contributed by atoms with Crippen LogP contribution in [-0.2, 0) is 0 Å². The third kappa shape index (κ3) is 3.59. The van der Waals surface area contributed by atoms with Gasteiger partial charge in [-0.1, -0.05) is 23.7 Å². The van der Waals surface area contributed by atoms with E-state index in [1.807, 2.05) is 54.3 Å². The number of aryl methyl sites for hydroxylation is 1. The van der Waals surface area contributed by atoms with E-state index in [0.717, 1.165) is 23.4 Å². The fraction of sp³-hybridized carbons (Fsp3) is 0.250. The van der Waals surface area contributed by atoms with Gasteiger partial charge in [-0.3, -0.25) is 4.79 Å². The van der Waals surface area contributed by atoms with Gasteiger partial charge in [0, 0.05) is 30.2 Å². The molecule has 6 nitrogen and oxygen atoms in total. The number of hydrogen-bond donors (Lipinski definition) is 1. The third-order valence-corrected chi connectivity index (χ3v) is 5.10. The molecule has 1 aliphatic rings. The molecule has 1 N–H and O–H groups in total. The summed E-state index contributed by atoms with van der Waals surface area (Å²) in [5.41, 5.74) is 3.54. The minimum atomic E-state index is -0.0423. The lowest BCUT2D eigenvalue weighted by molar-refractivity contribution is 0.0633. The number of nitrogens with zero attached hydrogens (tertiary/aromatic N) is 4. The van der Waals surface area contributed by atoms with Crippen molar-refractivity contribution in [3.05, 3.63) is 76.8 Å². The lowest BCUT2D eigenvalue weighted by Gasteiger charge is -2.37. The van der Waals surface area contributed by atoms with Crippen molar-refractivity contribution in [2.75, 3.05) is 19.6 Å². The molecule has 0 radical (unpaired) electrons. The van der Waals surface area contributed by atoms with Crippen molar-refractivity contribution >= 4 is 17.5 Å². The molecule has 0 saturated carbocycles. The number of nitrogens with one attached hydrogen (secondary N) is 1. The van der Waals surface area contributed by atoms with Crippen molar-refractivity contribution in [3.8, 4) is 5.69 Å². The van der Waals surface area contributed by atoms with Gasteiger partial charge >= 0.3 is 0 Å². The molecule has 27 heavy (non-hydrogen) atoms.